The Balaban J connectivity index is 1.40. The maximum Gasteiger partial charge on any atom is 0.338 e. The highest BCUT2D eigenvalue weighted by molar-refractivity contribution is 5.92. The zero-order valence-electron chi connectivity index (χ0n) is 22.7. The molecule has 3 aromatic rings. The number of esters is 4. The molecule has 0 fully saturated rings. The highest BCUT2D eigenvalue weighted by Crippen LogP contribution is 2.19. The van der Waals surface area contributed by atoms with Gasteiger partial charge in [-0.05, 0) is 72.7 Å². The van der Waals surface area contributed by atoms with Crippen molar-refractivity contribution in [3.05, 3.63) is 89.5 Å². The first-order chi connectivity index (χ1) is 19.7. The largest absolute Gasteiger partial charge is 0.458 e. The number of benzene rings is 3. The smallest absolute Gasteiger partial charge is 0.338 e. The molecule has 10 heteroatoms. The van der Waals surface area contributed by atoms with Gasteiger partial charge in [-0.15, -0.1) is 0 Å². The van der Waals surface area contributed by atoms with Crippen molar-refractivity contribution in [3.63, 3.8) is 0 Å². The van der Waals surface area contributed by atoms with E-state index in [0.29, 0.717) is 34.9 Å². The van der Waals surface area contributed by atoms with E-state index >= 15 is 0 Å². The van der Waals surface area contributed by atoms with Crippen molar-refractivity contribution in [2.45, 2.75) is 32.6 Å². The van der Waals surface area contributed by atoms with Gasteiger partial charge in [0.25, 0.3) is 0 Å². The quantitative estimate of drug-likeness (QED) is 0.0961. The lowest BCUT2D eigenvalue weighted by Crippen LogP contribution is -2.14. The normalized spacial score (nSPS) is 10.7. The molecule has 0 aliphatic heterocycles. The average molecular weight is 561 g/mol. The van der Waals surface area contributed by atoms with Crippen molar-refractivity contribution >= 4 is 41.3 Å². The van der Waals surface area contributed by atoms with Crippen LogP contribution >= 0.6 is 0 Å². The molecule has 0 aromatic heterocycles. The van der Waals surface area contributed by atoms with Crippen molar-refractivity contribution < 1.29 is 38.1 Å². The molecule has 10 nitrogen and oxygen atoms in total. The standard InChI is InChI=1S/C31H32N2O8/c1-2-3-4-5-28(34)40-26-11-13-27(14-12-26)41-29(35)15-8-21-6-9-22(10-7-21)30(36)38-16-17-39-31(37)23-18-24(32)20-25(33)19-23/h6-15,18-20H,2-5,16-17,32-33H2,1H3. The molecule has 41 heavy (non-hydrogen) atoms. The molecule has 4 N–H and O–H groups in total. The second kappa shape index (κ2) is 15.5. The molecule has 214 valence electrons. The lowest BCUT2D eigenvalue weighted by molar-refractivity contribution is -0.134. The van der Waals surface area contributed by atoms with Crippen molar-refractivity contribution in [3.8, 4) is 11.5 Å². The summed E-state index contributed by atoms with van der Waals surface area (Å²) in [4.78, 5) is 48.3. The van der Waals surface area contributed by atoms with E-state index in [0.717, 1.165) is 19.3 Å². The molecule has 0 heterocycles. The van der Waals surface area contributed by atoms with Crippen molar-refractivity contribution in [1.29, 1.82) is 0 Å². The molecule has 0 aliphatic carbocycles. The Labute approximate surface area is 237 Å². The van der Waals surface area contributed by atoms with Gasteiger partial charge in [0.15, 0.2) is 0 Å². The van der Waals surface area contributed by atoms with Crippen LogP contribution in [-0.4, -0.2) is 37.1 Å². The van der Waals surface area contributed by atoms with E-state index in [2.05, 4.69) is 6.92 Å². The molecule has 0 amide bonds. The maximum absolute atomic E-state index is 12.3. The Bertz CT molecular complexity index is 1360. The van der Waals surface area contributed by atoms with E-state index in [4.69, 9.17) is 30.4 Å². The number of hydrogen-bond donors (Lipinski definition) is 2. The molecular weight excluding hydrogens is 528 g/mol. The summed E-state index contributed by atoms with van der Waals surface area (Å²) in [5, 5.41) is 0. The molecule has 0 aliphatic rings. The van der Waals surface area contributed by atoms with Crippen molar-refractivity contribution in [2.75, 3.05) is 24.7 Å². The van der Waals surface area contributed by atoms with Gasteiger partial charge in [0.05, 0.1) is 11.1 Å². The minimum absolute atomic E-state index is 0.141. The van der Waals surface area contributed by atoms with E-state index < -0.39 is 17.9 Å². The molecule has 3 aromatic carbocycles. The highest BCUT2D eigenvalue weighted by atomic mass is 16.6. The van der Waals surface area contributed by atoms with Crippen LogP contribution in [0, 0.1) is 0 Å². The minimum atomic E-state index is -0.634. The highest BCUT2D eigenvalue weighted by Gasteiger charge is 2.11. The predicted molar refractivity (Wildman–Crippen MR) is 153 cm³/mol. The van der Waals surface area contributed by atoms with E-state index in [-0.39, 0.29) is 30.3 Å². The van der Waals surface area contributed by atoms with Gasteiger partial charge in [-0.25, -0.2) is 14.4 Å². The number of nitrogens with two attached hydrogens (primary N) is 2. The van der Waals surface area contributed by atoms with Crippen LogP contribution in [0.1, 0.15) is 58.9 Å². The summed E-state index contributed by atoms with van der Waals surface area (Å²) in [7, 11) is 0. The Morgan fingerprint density at radius 1 is 0.707 bits per heavy atom. The monoisotopic (exact) mass is 560 g/mol. The fourth-order valence-corrected chi connectivity index (χ4v) is 3.55. The third-order valence-corrected chi connectivity index (χ3v) is 5.58. The van der Waals surface area contributed by atoms with Gasteiger partial charge in [-0.2, -0.15) is 0 Å². The topological polar surface area (TPSA) is 157 Å². The SMILES string of the molecule is CCCCCC(=O)Oc1ccc(OC(=O)C=Cc2ccc(C(=O)OCCOC(=O)c3cc(N)cc(N)c3)cc2)cc1. The number of ether oxygens (including phenoxy) is 4. The van der Waals surface area contributed by atoms with Gasteiger partial charge in [0.1, 0.15) is 24.7 Å². The fourth-order valence-electron chi connectivity index (χ4n) is 3.55. The van der Waals surface area contributed by atoms with Gasteiger partial charge >= 0.3 is 23.9 Å². The molecular formula is C31H32N2O8. The molecule has 3 rings (SSSR count). The zero-order valence-corrected chi connectivity index (χ0v) is 22.7. The number of hydrogen-bond acceptors (Lipinski definition) is 10. The van der Waals surface area contributed by atoms with Gasteiger partial charge in [0, 0.05) is 23.9 Å². The van der Waals surface area contributed by atoms with Gasteiger partial charge in [0.2, 0.25) is 0 Å². The van der Waals surface area contributed by atoms with Gasteiger partial charge in [-0.3, -0.25) is 4.79 Å². The average Bonchev–Trinajstić information content (AvgIpc) is 2.95. The van der Waals surface area contributed by atoms with Gasteiger partial charge in [-0.1, -0.05) is 31.9 Å². The van der Waals surface area contributed by atoms with E-state index in [1.807, 2.05) is 0 Å². The lowest BCUT2D eigenvalue weighted by atomic mass is 10.1. The van der Waals surface area contributed by atoms with Crippen LogP contribution in [0.4, 0.5) is 11.4 Å². The Hall–Kier alpha value is -5.12. The predicted octanol–water partition coefficient (Wildman–Crippen LogP) is 4.97. The molecule has 0 bridgehead atoms. The van der Waals surface area contributed by atoms with E-state index in [9.17, 15) is 19.2 Å². The fraction of sp³-hybridized carbons (Fsp3) is 0.226. The summed E-state index contributed by atoms with van der Waals surface area (Å²) in [5.41, 5.74) is 13.1. The van der Waals surface area contributed by atoms with Crippen molar-refractivity contribution in [2.24, 2.45) is 0 Å². The van der Waals surface area contributed by atoms with Gasteiger partial charge < -0.3 is 30.4 Å². The number of rotatable bonds is 13. The third-order valence-electron chi connectivity index (χ3n) is 5.58. The third kappa shape index (κ3) is 10.5. The van der Waals surface area contributed by atoms with E-state index in [1.54, 1.807) is 24.3 Å². The van der Waals surface area contributed by atoms with Crippen LogP contribution < -0.4 is 20.9 Å². The van der Waals surface area contributed by atoms with Crippen LogP contribution in [0.3, 0.4) is 0 Å². The zero-order chi connectivity index (χ0) is 29.6. The van der Waals surface area contributed by atoms with Crippen molar-refractivity contribution in [1.82, 2.24) is 0 Å². The molecule has 0 saturated carbocycles. The first-order valence-corrected chi connectivity index (χ1v) is 13.0. The summed E-state index contributed by atoms with van der Waals surface area (Å²) in [6.07, 6.45) is 5.91. The Kier molecular flexibility index (Phi) is 11.5. The molecule has 0 unspecified atom stereocenters. The van der Waals surface area contributed by atoms with Crippen LogP contribution in [-0.2, 0) is 19.1 Å². The summed E-state index contributed by atoms with van der Waals surface area (Å²) >= 11 is 0. The lowest BCUT2D eigenvalue weighted by Gasteiger charge is -2.08. The van der Waals surface area contributed by atoms with Crippen LogP contribution in [0.25, 0.3) is 6.08 Å². The number of nitrogen functional groups attached to an aromatic ring is 2. The molecule has 0 saturated heterocycles. The molecule has 0 spiro atoms. The second-order valence-corrected chi connectivity index (χ2v) is 8.94. The van der Waals surface area contributed by atoms with Crippen LogP contribution in [0.15, 0.2) is 72.8 Å². The van der Waals surface area contributed by atoms with Crippen LogP contribution in [0.2, 0.25) is 0 Å². The second-order valence-electron chi connectivity index (χ2n) is 8.94. The van der Waals surface area contributed by atoms with E-state index in [1.165, 1.54) is 54.6 Å². The number of carbonyl (C=O) groups excluding carboxylic acids is 4. The Morgan fingerprint density at radius 2 is 1.27 bits per heavy atom. The molecule has 0 radical (unpaired) electrons. The maximum atomic E-state index is 12.3. The number of anilines is 2. The minimum Gasteiger partial charge on any atom is -0.458 e. The number of unbranched alkanes of at least 4 members (excludes halogenated alkanes) is 2. The van der Waals surface area contributed by atoms with Crippen LogP contribution in [0.5, 0.6) is 11.5 Å². The number of carbonyl (C=O) groups is 4. The summed E-state index contributed by atoms with van der Waals surface area (Å²) in [5.74, 6) is -1.46. The Morgan fingerprint density at radius 3 is 1.85 bits per heavy atom. The molecule has 0 atom stereocenters. The summed E-state index contributed by atoms with van der Waals surface area (Å²) < 4.78 is 20.7. The first kappa shape index (κ1) is 30.4. The summed E-state index contributed by atoms with van der Waals surface area (Å²) in [6.45, 7) is 1.78. The first-order valence-electron chi connectivity index (χ1n) is 13.0. The summed E-state index contributed by atoms with van der Waals surface area (Å²) in [6, 6.07) is 16.9.